The molecule has 7 heteroatoms. The summed E-state index contributed by atoms with van der Waals surface area (Å²) in [5.74, 6) is -0.626. The van der Waals surface area contributed by atoms with E-state index in [9.17, 15) is 12.8 Å². The van der Waals surface area contributed by atoms with Crippen LogP contribution in [0.4, 0.5) is 10.1 Å². The highest BCUT2D eigenvalue weighted by Gasteiger charge is 2.28. The van der Waals surface area contributed by atoms with Gasteiger partial charge in [-0.3, -0.25) is 0 Å². The molecule has 0 aromatic heterocycles. The van der Waals surface area contributed by atoms with E-state index in [2.05, 4.69) is 4.40 Å². The molecule has 0 saturated heterocycles. The van der Waals surface area contributed by atoms with Crippen LogP contribution >= 0.6 is 11.6 Å². The van der Waals surface area contributed by atoms with Crippen LogP contribution in [0.25, 0.3) is 0 Å². The van der Waals surface area contributed by atoms with Gasteiger partial charge in [-0.05, 0) is 29.8 Å². The maximum absolute atomic E-state index is 12.9. The molecule has 0 unspecified atom stereocenters. The van der Waals surface area contributed by atoms with E-state index >= 15 is 0 Å². The molecule has 0 fully saturated rings. The molecule has 80 valence electrons. The highest BCUT2D eigenvalue weighted by atomic mass is 35.5. The van der Waals surface area contributed by atoms with Crippen molar-refractivity contribution in [3.63, 3.8) is 0 Å². The molecule has 1 aromatic carbocycles. The van der Waals surface area contributed by atoms with Crippen LogP contribution in [0.3, 0.4) is 0 Å². The first-order chi connectivity index (χ1) is 6.92. The number of fused-ring (bicyclic) bond motifs is 1. The summed E-state index contributed by atoms with van der Waals surface area (Å²) in [6.45, 7) is 0. The van der Waals surface area contributed by atoms with Gasteiger partial charge in [0.05, 0.1) is 5.69 Å². The van der Waals surface area contributed by atoms with Gasteiger partial charge in [0.25, 0.3) is 10.0 Å². The normalized spacial score (nSPS) is 18.3. The number of benzene rings is 1. The molecule has 4 nitrogen and oxygen atoms in total. The first-order valence-corrected chi connectivity index (χ1v) is 5.77. The van der Waals surface area contributed by atoms with Crippen molar-refractivity contribution in [1.29, 1.82) is 0 Å². The number of rotatable bonds is 0. The quantitative estimate of drug-likeness (QED) is 0.655. The molecule has 0 bridgehead atoms. The van der Waals surface area contributed by atoms with E-state index in [1.54, 1.807) is 7.05 Å². The standard InChI is InChI=1S/C8H6ClFN2O2S/c1-12-6-3-2-5(10)4-7(6)15(13,14)11-8(12)9/h2-4H,1H3. The average molecular weight is 249 g/mol. The Morgan fingerprint density at radius 2 is 2.13 bits per heavy atom. The molecule has 1 aliphatic heterocycles. The lowest BCUT2D eigenvalue weighted by molar-refractivity contribution is 0.591. The van der Waals surface area contributed by atoms with Gasteiger partial charge in [0.15, 0.2) is 0 Å². The fourth-order valence-corrected chi connectivity index (χ4v) is 2.79. The number of amidine groups is 1. The van der Waals surface area contributed by atoms with E-state index in [4.69, 9.17) is 11.6 Å². The molecule has 0 spiro atoms. The molecular weight excluding hydrogens is 243 g/mol. The van der Waals surface area contributed by atoms with Crippen LogP contribution in [-0.4, -0.2) is 20.8 Å². The van der Waals surface area contributed by atoms with Gasteiger partial charge in [0.2, 0.25) is 5.29 Å². The fourth-order valence-electron chi connectivity index (χ4n) is 1.28. The van der Waals surface area contributed by atoms with E-state index in [0.717, 1.165) is 6.07 Å². The maximum Gasteiger partial charge on any atom is 0.287 e. The number of hydrogen-bond acceptors (Lipinski definition) is 3. The van der Waals surface area contributed by atoms with Crippen molar-refractivity contribution in [2.24, 2.45) is 4.40 Å². The summed E-state index contributed by atoms with van der Waals surface area (Å²) in [5, 5.41) is -0.158. The van der Waals surface area contributed by atoms with E-state index in [-0.39, 0.29) is 10.2 Å². The van der Waals surface area contributed by atoms with Gasteiger partial charge in [-0.1, -0.05) is 0 Å². The van der Waals surface area contributed by atoms with E-state index in [1.165, 1.54) is 17.0 Å². The van der Waals surface area contributed by atoms with Gasteiger partial charge in [0, 0.05) is 7.05 Å². The van der Waals surface area contributed by atoms with Crippen LogP contribution in [-0.2, 0) is 10.0 Å². The molecule has 0 amide bonds. The minimum atomic E-state index is -3.87. The Hall–Kier alpha value is -1.14. The summed E-state index contributed by atoms with van der Waals surface area (Å²) in [5.41, 5.74) is 0.316. The summed E-state index contributed by atoms with van der Waals surface area (Å²) >= 11 is 5.62. The van der Waals surface area contributed by atoms with E-state index in [1.807, 2.05) is 0 Å². The molecule has 1 aromatic rings. The van der Waals surface area contributed by atoms with Crippen molar-refractivity contribution >= 4 is 32.6 Å². The zero-order chi connectivity index (χ0) is 11.2. The third-order valence-corrected chi connectivity index (χ3v) is 3.77. The SMILES string of the molecule is CN1C(Cl)=NS(=O)(=O)c2cc(F)ccc21. The van der Waals surface area contributed by atoms with Gasteiger partial charge < -0.3 is 4.90 Å². The monoisotopic (exact) mass is 248 g/mol. The van der Waals surface area contributed by atoms with Crippen molar-refractivity contribution in [2.45, 2.75) is 4.90 Å². The molecule has 2 rings (SSSR count). The smallest absolute Gasteiger partial charge is 0.287 e. The second-order valence-corrected chi connectivity index (χ2v) is 4.92. The van der Waals surface area contributed by atoms with Crippen LogP contribution in [0.5, 0.6) is 0 Å². The Bertz CT molecular complexity index is 556. The van der Waals surface area contributed by atoms with Crippen molar-refractivity contribution in [3.8, 4) is 0 Å². The first kappa shape index (κ1) is 10.4. The Labute approximate surface area is 91.0 Å². The van der Waals surface area contributed by atoms with Crippen LogP contribution < -0.4 is 4.90 Å². The van der Waals surface area contributed by atoms with Gasteiger partial charge in [-0.15, -0.1) is 4.40 Å². The van der Waals surface area contributed by atoms with Gasteiger partial charge in [0.1, 0.15) is 10.7 Å². The lowest BCUT2D eigenvalue weighted by Gasteiger charge is -2.23. The lowest BCUT2D eigenvalue weighted by atomic mass is 10.3. The number of anilines is 1. The van der Waals surface area contributed by atoms with Gasteiger partial charge >= 0.3 is 0 Å². The van der Waals surface area contributed by atoms with Crippen LogP contribution in [0.2, 0.25) is 0 Å². The Kier molecular flexibility index (Phi) is 2.20. The molecule has 0 saturated carbocycles. The number of hydrogen-bond donors (Lipinski definition) is 0. The summed E-state index contributed by atoms with van der Waals surface area (Å²) in [6, 6.07) is 3.44. The maximum atomic E-state index is 12.9. The number of halogens is 2. The van der Waals surface area contributed by atoms with Crippen LogP contribution in [0.1, 0.15) is 0 Å². The highest BCUT2D eigenvalue weighted by molar-refractivity contribution is 7.90. The van der Waals surface area contributed by atoms with Crippen molar-refractivity contribution < 1.29 is 12.8 Å². The topological polar surface area (TPSA) is 49.7 Å². The molecule has 15 heavy (non-hydrogen) atoms. The summed E-state index contributed by atoms with van der Waals surface area (Å²) in [4.78, 5) is 1.20. The van der Waals surface area contributed by atoms with Crippen molar-refractivity contribution in [3.05, 3.63) is 24.0 Å². The van der Waals surface area contributed by atoms with E-state index in [0.29, 0.717) is 5.69 Å². The second kappa shape index (κ2) is 3.18. The second-order valence-electron chi connectivity index (χ2n) is 3.01. The van der Waals surface area contributed by atoms with Gasteiger partial charge in [-0.25, -0.2) is 4.39 Å². The minimum absolute atomic E-state index is 0.158. The molecule has 0 aliphatic carbocycles. The van der Waals surface area contributed by atoms with Gasteiger partial charge in [-0.2, -0.15) is 8.42 Å². The zero-order valence-electron chi connectivity index (χ0n) is 7.61. The van der Waals surface area contributed by atoms with E-state index < -0.39 is 15.8 Å². The molecule has 0 radical (unpaired) electrons. The largest absolute Gasteiger partial charge is 0.318 e. The number of nitrogens with zero attached hydrogens (tertiary/aromatic N) is 2. The average Bonchev–Trinajstić information content (AvgIpc) is 2.14. The predicted molar refractivity (Wildman–Crippen MR) is 55.3 cm³/mol. The first-order valence-electron chi connectivity index (χ1n) is 3.95. The Morgan fingerprint density at radius 3 is 2.80 bits per heavy atom. The highest BCUT2D eigenvalue weighted by Crippen LogP contribution is 2.31. The minimum Gasteiger partial charge on any atom is -0.318 e. The molecule has 1 heterocycles. The fraction of sp³-hybridized carbons (Fsp3) is 0.125. The van der Waals surface area contributed by atoms with Crippen molar-refractivity contribution in [2.75, 3.05) is 11.9 Å². The molecule has 0 N–H and O–H groups in total. The third kappa shape index (κ3) is 1.59. The predicted octanol–water partition coefficient (Wildman–Crippen LogP) is 1.56. The summed E-state index contributed by atoms with van der Waals surface area (Å²) < 4.78 is 39.2. The van der Waals surface area contributed by atoms with Crippen LogP contribution in [0.15, 0.2) is 27.5 Å². The molecule has 0 atom stereocenters. The van der Waals surface area contributed by atoms with Crippen LogP contribution in [0, 0.1) is 5.82 Å². The number of sulfonamides is 1. The Morgan fingerprint density at radius 1 is 1.47 bits per heavy atom. The van der Waals surface area contributed by atoms with Crippen molar-refractivity contribution in [1.82, 2.24) is 0 Å². The Balaban J connectivity index is 2.78. The summed E-state index contributed by atoms with van der Waals surface area (Å²) in [6.07, 6.45) is 0. The third-order valence-electron chi connectivity index (χ3n) is 2.03. The summed E-state index contributed by atoms with van der Waals surface area (Å²) in [7, 11) is -2.32. The lowest BCUT2D eigenvalue weighted by Crippen LogP contribution is -2.28. The molecule has 1 aliphatic rings. The zero-order valence-corrected chi connectivity index (χ0v) is 9.18. The molecular formula is C8H6ClFN2O2S.